The van der Waals surface area contributed by atoms with Crippen LogP contribution in [0, 0.1) is 0 Å². The summed E-state index contributed by atoms with van der Waals surface area (Å²) in [5, 5.41) is 2.03. The number of carbonyl (C=O) groups is 1. The molecule has 2 heterocycles. The van der Waals surface area contributed by atoms with Gasteiger partial charge in [0.2, 0.25) is 0 Å². The lowest BCUT2D eigenvalue weighted by Crippen LogP contribution is -2.24. The van der Waals surface area contributed by atoms with E-state index in [4.69, 9.17) is 10.5 Å². The Morgan fingerprint density at radius 1 is 1.55 bits per heavy atom. The second-order valence-electron chi connectivity index (χ2n) is 4.43. The van der Waals surface area contributed by atoms with Gasteiger partial charge in [-0.05, 0) is 24.4 Å². The van der Waals surface area contributed by atoms with Crippen LogP contribution in [0.4, 0.5) is 11.5 Å². The molecule has 0 aliphatic carbocycles. The van der Waals surface area contributed by atoms with Gasteiger partial charge in [0.05, 0.1) is 25.0 Å². The van der Waals surface area contributed by atoms with Gasteiger partial charge in [-0.15, -0.1) is 11.3 Å². The summed E-state index contributed by atoms with van der Waals surface area (Å²) in [7, 11) is 3.24. The molecule has 1 unspecified atom stereocenters. The largest absolute Gasteiger partial charge is 0.465 e. The Bertz CT molecular complexity index is 598. The molecule has 106 valence electrons. The fourth-order valence-electron chi connectivity index (χ4n) is 1.92. The maximum Gasteiger partial charge on any atom is 0.341 e. The van der Waals surface area contributed by atoms with Gasteiger partial charge in [0.1, 0.15) is 11.4 Å². The topological polar surface area (TPSA) is 68.5 Å². The van der Waals surface area contributed by atoms with Crippen LogP contribution in [0.1, 0.15) is 28.2 Å². The van der Waals surface area contributed by atoms with Crippen LogP contribution in [0.2, 0.25) is 0 Å². The molecule has 0 amide bonds. The van der Waals surface area contributed by atoms with E-state index < -0.39 is 5.97 Å². The molecule has 0 bridgehead atoms. The number of thiophene rings is 1. The molecule has 6 heteroatoms. The van der Waals surface area contributed by atoms with Crippen molar-refractivity contribution in [1.82, 2.24) is 4.98 Å². The SMILES string of the molecule is COC(=O)c1cc(N)cnc1N(C)C(C)c1cccs1. The van der Waals surface area contributed by atoms with Crippen LogP contribution >= 0.6 is 11.3 Å². The molecule has 0 fully saturated rings. The molecule has 0 spiro atoms. The number of ether oxygens (including phenoxy) is 1. The number of hydrogen-bond donors (Lipinski definition) is 1. The van der Waals surface area contributed by atoms with Crippen LogP contribution < -0.4 is 10.6 Å². The zero-order chi connectivity index (χ0) is 14.7. The lowest BCUT2D eigenvalue weighted by atomic mass is 10.2. The third kappa shape index (κ3) is 2.75. The van der Waals surface area contributed by atoms with E-state index in [2.05, 4.69) is 18.0 Å². The number of nitrogens with two attached hydrogens (primary N) is 1. The first-order valence-electron chi connectivity index (χ1n) is 6.14. The molecule has 2 rings (SSSR count). The Labute approximate surface area is 122 Å². The molecule has 0 saturated carbocycles. The van der Waals surface area contributed by atoms with Crippen molar-refractivity contribution in [3.05, 3.63) is 40.2 Å². The van der Waals surface area contributed by atoms with E-state index in [0.717, 1.165) is 0 Å². The van der Waals surface area contributed by atoms with Crippen molar-refractivity contribution < 1.29 is 9.53 Å². The van der Waals surface area contributed by atoms with Gasteiger partial charge in [0.25, 0.3) is 0 Å². The van der Waals surface area contributed by atoms with Crippen molar-refractivity contribution in [3.8, 4) is 0 Å². The summed E-state index contributed by atoms with van der Waals surface area (Å²) in [6, 6.07) is 5.75. The second-order valence-corrected chi connectivity index (χ2v) is 5.41. The molecule has 0 aromatic carbocycles. The lowest BCUT2D eigenvalue weighted by Gasteiger charge is -2.26. The normalized spacial score (nSPS) is 11.9. The van der Waals surface area contributed by atoms with E-state index in [1.165, 1.54) is 12.0 Å². The average Bonchev–Trinajstić information content (AvgIpc) is 2.99. The molecule has 1 atom stereocenters. The highest BCUT2D eigenvalue weighted by molar-refractivity contribution is 7.10. The lowest BCUT2D eigenvalue weighted by molar-refractivity contribution is 0.0601. The van der Waals surface area contributed by atoms with Gasteiger partial charge < -0.3 is 15.4 Å². The van der Waals surface area contributed by atoms with Gasteiger partial charge in [0, 0.05) is 11.9 Å². The van der Waals surface area contributed by atoms with Gasteiger partial charge >= 0.3 is 5.97 Å². The van der Waals surface area contributed by atoms with Gasteiger partial charge in [-0.1, -0.05) is 6.07 Å². The number of anilines is 2. The highest BCUT2D eigenvalue weighted by Crippen LogP contribution is 2.29. The molecule has 20 heavy (non-hydrogen) atoms. The van der Waals surface area contributed by atoms with Crippen molar-refractivity contribution in [2.24, 2.45) is 0 Å². The second kappa shape index (κ2) is 5.92. The Kier molecular flexibility index (Phi) is 4.24. The van der Waals surface area contributed by atoms with Crippen LogP contribution in [0.5, 0.6) is 0 Å². The van der Waals surface area contributed by atoms with E-state index in [1.54, 1.807) is 23.6 Å². The summed E-state index contributed by atoms with van der Waals surface area (Å²) in [4.78, 5) is 19.3. The van der Waals surface area contributed by atoms with Crippen LogP contribution in [0.25, 0.3) is 0 Å². The number of methoxy groups -OCH3 is 1. The molecular weight excluding hydrogens is 274 g/mol. The highest BCUT2D eigenvalue weighted by atomic mass is 32.1. The minimum Gasteiger partial charge on any atom is -0.465 e. The van der Waals surface area contributed by atoms with Crippen LogP contribution in [-0.2, 0) is 4.74 Å². The summed E-state index contributed by atoms with van der Waals surface area (Å²) in [5.41, 5.74) is 6.51. The number of nitrogen functional groups attached to an aromatic ring is 1. The van der Waals surface area contributed by atoms with Gasteiger partial charge in [-0.2, -0.15) is 0 Å². The zero-order valence-corrected chi connectivity index (χ0v) is 12.5. The van der Waals surface area contributed by atoms with E-state index in [9.17, 15) is 4.79 Å². The number of rotatable bonds is 4. The Balaban J connectivity index is 2.39. The molecule has 0 radical (unpaired) electrons. The summed E-state index contributed by atoms with van der Waals surface area (Å²) < 4.78 is 4.79. The minimum atomic E-state index is -0.440. The molecule has 0 aliphatic rings. The summed E-state index contributed by atoms with van der Waals surface area (Å²) in [6.07, 6.45) is 1.54. The number of pyridine rings is 1. The van der Waals surface area contributed by atoms with Crippen molar-refractivity contribution in [1.29, 1.82) is 0 Å². The molecule has 0 saturated heterocycles. The molecule has 2 aromatic rings. The van der Waals surface area contributed by atoms with E-state index in [0.29, 0.717) is 17.1 Å². The first kappa shape index (κ1) is 14.3. The maximum absolute atomic E-state index is 11.9. The standard InChI is InChI=1S/C14H17N3O2S/c1-9(12-5-4-6-20-12)17(2)13-11(14(18)19-3)7-10(15)8-16-13/h4-9H,15H2,1-3H3. The number of nitrogens with zero attached hydrogens (tertiary/aromatic N) is 2. The zero-order valence-electron chi connectivity index (χ0n) is 11.7. The van der Waals surface area contributed by atoms with E-state index in [1.807, 2.05) is 23.4 Å². The van der Waals surface area contributed by atoms with Gasteiger partial charge in [-0.25, -0.2) is 9.78 Å². The monoisotopic (exact) mass is 291 g/mol. The smallest absolute Gasteiger partial charge is 0.341 e. The molecular formula is C14H17N3O2S. The van der Waals surface area contributed by atoms with Gasteiger partial charge in [-0.3, -0.25) is 0 Å². The van der Waals surface area contributed by atoms with E-state index >= 15 is 0 Å². The number of carbonyl (C=O) groups excluding carboxylic acids is 1. The summed E-state index contributed by atoms with van der Waals surface area (Å²) in [6.45, 7) is 2.06. The van der Waals surface area contributed by atoms with Crippen LogP contribution in [-0.4, -0.2) is 25.1 Å². The van der Waals surface area contributed by atoms with Crippen molar-refractivity contribution in [3.63, 3.8) is 0 Å². The van der Waals surface area contributed by atoms with Gasteiger partial charge in [0.15, 0.2) is 0 Å². The van der Waals surface area contributed by atoms with Crippen molar-refractivity contribution in [2.75, 3.05) is 24.8 Å². The Morgan fingerprint density at radius 3 is 2.90 bits per heavy atom. The Morgan fingerprint density at radius 2 is 2.30 bits per heavy atom. The fourth-order valence-corrected chi connectivity index (χ4v) is 2.74. The Hall–Kier alpha value is -2.08. The quantitative estimate of drug-likeness (QED) is 0.877. The summed E-state index contributed by atoms with van der Waals surface area (Å²) >= 11 is 1.67. The first-order valence-corrected chi connectivity index (χ1v) is 7.02. The number of esters is 1. The summed E-state index contributed by atoms with van der Waals surface area (Å²) in [5.74, 6) is 0.122. The molecule has 2 N–H and O–H groups in total. The van der Waals surface area contributed by atoms with Crippen LogP contribution in [0.3, 0.4) is 0 Å². The predicted octanol–water partition coefficient (Wildman–Crippen LogP) is 2.71. The van der Waals surface area contributed by atoms with Crippen LogP contribution in [0.15, 0.2) is 29.8 Å². The predicted molar refractivity (Wildman–Crippen MR) is 81.1 cm³/mol. The number of hydrogen-bond acceptors (Lipinski definition) is 6. The first-order chi connectivity index (χ1) is 9.54. The minimum absolute atomic E-state index is 0.106. The third-order valence-corrected chi connectivity index (χ3v) is 4.21. The number of aromatic nitrogens is 1. The van der Waals surface area contributed by atoms with Crippen molar-refractivity contribution >= 4 is 28.8 Å². The highest BCUT2D eigenvalue weighted by Gasteiger charge is 2.21. The molecule has 2 aromatic heterocycles. The molecule has 0 aliphatic heterocycles. The third-order valence-electron chi connectivity index (χ3n) is 3.16. The van der Waals surface area contributed by atoms with E-state index in [-0.39, 0.29) is 6.04 Å². The maximum atomic E-state index is 11.9. The molecule has 5 nitrogen and oxygen atoms in total. The average molecular weight is 291 g/mol. The van der Waals surface area contributed by atoms with Crippen molar-refractivity contribution in [2.45, 2.75) is 13.0 Å². The fraction of sp³-hybridized carbons (Fsp3) is 0.286.